The van der Waals surface area contributed by atoms with Crippen LogP contribution in [0.25, 0.3) is 0 Å². The largest absolute Gasteiger partial charge is 0.356 e. The smallest absolute Gasteiger partial charge is 0.223 e. The van der Waals surface area contributed by atoms with Crippen molar-refractivity contribution < 1.29 is 4.79 Å². The summed E-state index contributed by atoms with van der Waals surface area (Å²) in [5.74, 6) is 0.947. The van der Waals surface area contributed by atoms with Crippen LogP contribution in [-0.4, -0.2) is 18.5 Å². The summed E-state index contributed by atoms with van der Waals surface area (Å²) in [6.45, 7) is 5.27. The van der Waals surface area contributed by atoms with Crippen LogP contribution in [-0.2, 0) is 4.79 Å². The van der Waals surface area contributed by atoms with Gasteiger partial charge in [-0.3, -0.25) is 4.79 Å². The summed E-state index contributed by atoms with van der Waals surface area (Å²) in [6, 6.07) is 0.293. The monoisotopic (exact) mass is 296 g/mol. The van der Waals surface area contributed by atoms with Crippen molar-refractivity contribution >= 4 is 5.91 Å². The Hall–Kier alpha value is -0.570. The summed E-state index contributed by atoms with van der Waals surface area (Å²) in [4.78, 5) is 12.1. The molecule has 3 unspecified atom stereocenters. The molecule has 1 fully saturated rings. The number of amides is 1. The molecule has 0 bridgehead atoms. The lowest BCUT2D eigenvalue weighted by Gasteiger charge is -2.31. The van der Waals surface area contributed by atoms with Gasteiger partial charge >= 0.3 is 0 Å². The Bertz CT molecular complexity index is 280. The highest BCUT2D eigenvalue weighted by Gasteiger charge is 2.29. The minimum Gasteiger partial charge on any atom is -0.356 e. The molecule has 1 rings (SSSR count). The Morgan fingerprint density at radius 2 is 1.67 bits per heavy atom. The molecule has 1 aliphatic carbocycles. The third-order valence-electron chi connectivity index (χ3n) is 4.94. The highest BCUT2D eigenvalue weighted by molar-refractivity contribution is 5.78. The van der Waals surface area contributed by atoms with Crippen molar-refractivity contribution in [3.63, 3.8) is 0 Å². The maximum absolute atomic E-state index is 12.1. The van der Waals surface area contributed by atoms with Crippen molar-refractivity contribution in [3.05, 3.63) is 0 Å². The van der Waals surface area contributed by atoms with Gasteiger partial charge in [0.05, 0.1) is 0 Å². The Balaban J connectivity index is 1.96. The van der Waals surface area contributed by atoms with Gasteiger partial charge in [-0.15, -0.1) is 0 Å². The minimum absolute atomic E-state index is 0.203. The molecule has 0 saturated heterocycles. The summed E-state index contributed by atoms with van der Waals surface area (Å²) >= 11 is 0. The van der Waals surface area contributed by atoms with E-state index in [0.29, 0.717) is 12.0 Å². The maximum Gasteiger partial charge on any atom is 0.223 e. The van der Waals surface area contributed by atoms with E-state index in [4.69, 9.17) is 5.73 Å². The second-order valence-corrected chi connectivity index (χ2v) is 6.92. The van der Waals surface area contributed by atoms with Crippen molar-refractivity contribution in [2.45, 2.75) is 90.5 Å². The lowest BCUT2D eigenvalue weighted by atomic mass is 9.79. The molecule has 0 radical (unpaired) electrons. The number of carbonyl (C=O) groups excluding carboxylic acids is 1. The Kier molecular flexibility index (Phi) is 9.73. The van der Waals surface area contributed by atoms with Gasteiger partial charge in [-0.25, -0.2) is 0 Å². The van der Waals surface area contributed by atoms with Gasteiger partial charge in [-0.05, 0) is 31.6 Å². The summed E-state index contributed by atoms with van der Waals surface area (Å²) in [7, 11) is 0. The molecule has 3 nitrogen and oxygen atoms in total. The standard InChI is InChI=1S/C18H36N2O/c1-3-4-5-6-7-8-9-10-13-20-18(21)16-11-12-17(19)15(2)14-16/h15-17H,3-14,19H2,1-2H3,(H,20,21). The van der Waals surface area contributed by atoms with E-state index in [2.05, 4.69) is 19.2 Å². The van der Waals surface area contributed by atoms with Crippen molar-refractivity contribution in [2.24, 2.45) is 17.6 Å². The third kappa shape index (κ3) is 7.85. The molecule has 124 valence electrons. The summed E-state index contributed by atoms with van der Waals surface area (Å²) in [6.07, 6.45) is 13.4. The predicted molar refractivity (Wildman–Crippen MR) is 90.1 cm³/mol. The van der Waals surface area contributed by atoms with Gasteiger partial charge in [0.15, 0.2) is 0 Å². The van der Waals surface area contributed by atoms with Gasteiger partial charge in [0.2, 0.25) is 5.91 Å². The molecule has 0 aliphatic heterocycles. The Morgan fingerprint density at radius 1 is 1.05 bits per heavy atom. The van der Waals surface area contributed by atoms with Gasteiger partial charge in [0.25, 0.3) is 0 Å². The minimum atomic E-state index is 0.203. The first-order valence-electron chi connectivity index (χ1n) is 9.18. The fourth-order valence-electron chi connectivity index (χ4n) is 3.27. The van der Waals surface area contributed by atoms with Crippen LogP contribution in [0.2, 0.25) is 0 Å². The molecular weight excluding hydrogens is 260 g/mol. The summed E-state index contributed by atoms with van der Waals surface area (Å²) in [5, 5.41) is 3.12. The fraction of sp³-hybridized carbons (Fsp3) is 0.944. The zero-order chi connectivity index (χ0) is 15.5. The maximum atomic E-state index is 12.1. The number of nitrogens with two attached hydrogens (primary N) is 1. The number of hydrogen-bond acceptors (Lipinski definition) is 2. The number of hydrogen-bond donors (Lipinski definition) is 2. The van der Waals surface area contributed by atoms with E-state index in [1.807, 2.05) is 0 Å². The molecule has 0 aromatic carbocycles. The second kappa shape index (κ2) is 11.1. The Morgan fingerprint density at radius 3 is 2.29 bits per heavy atom. The molecule has 0 aromatic rings. The number of nitrogens with one attached hydrogen (secondary N) is 1. The highest BCUT2D eigenvalue weighted by Crippen LogP contribution is 2.27. The normalized spacial score (nSPS) is 25.8. The Labute approximate surface area is 131 Å². The van der Waals surface area contributed by atoms with Crippen LogP contribution >= 0.6 is 0 Å². The van der Waals surface area contributed by atoms with E-state index >= 15 is 0 Å². The van der Waals surface area contributed by atoms with Gasteiger partial charge in [0, 0.05) is 18.5 Å². The first-order chi connectivity index (χ1) is 10.1. The molecule has 0 aromatic heterocycles. The molecule has 1 aliphatic rings. The average Bonchev–Trinajstić information content (AvgIpc) is 2.48. The molecule has 3 heteroatoms. The van der Waals surface area contributed by atoms with Crippen LogP contribution in [0.5, 0.6) is 0 Å². The van der Waals surface area contributed by atoms with Crippen molar-refractivity contribution in [1.29, 1.82) is 0 Å². The molecule has 3 N–H and O–H groups in total. The van der Waals surface area contributed by atoms with E-state index in [1.54, 1.807) is 0 Å². The van der Waals surface area contributed by atoms with Crippen LogP contribution < -0.4 is 11.1 Å². The fourth-order valence-corrected chi connectivity index (χ4v) is 3.27. The van der Waals surface area contributed by atoms with E-state index < -0.39 is 0 Å². The van der Waals surface area contributed by atoms with Crippen molar-refractivity contribution in [3.8, 4) is 0 Å². The van der Waals surface area contributed by atoms with Gasteiger partial charge in [-0.1, -0.05) is 58.8 Å². The van der Waals surface area contributed by atoms with Crippen LogP contribution in [0.15, 0.2) is 0 Å². The van der Waals surface area contributed by atoms with Gasteiger partial charge in [0.1, 0.15) is 0 Å². The first kappa shape index (κ1) is 18.5. The van der Waals surface area contributed by atoms with E-state index in [9.17, 15) is 4.79 Å². The number of unbranched alkanes of at least 4 members (excludes halogenated alkanes) is 7. The number of carbonyl (C=O) groups is 1. The molecule has 1 amide bonds. The summed E-state index contributed by atoms with van der Waals surface area (Å²) in [5.41, 5.74) is 6.01. The molecule has 3 atom stereocenters. The van der Waals surface area contributed by atoms with Crippen molar-refractivity contribution in [1.82, 2.24) is 5.32 Å². The van der Waals surface area contributed by atoms with Gasteiger partial charge < -0.3 is 11.1 Å². The topological polar surface area (TPSA) is 55.1 Å². The lowest BCUT2D eigenvalue weighted by molar-refractivity contribution is -0.126. The summed E-state index contributed by atoms with van der Waals surface area (Å²) < 4.78 is 0. The first-order valence-corrected chi connectivity index (χ1v) is 9.18. The van der Waals surface area contributed by atoms with E-state index in [1.165, 1.54) is 44.9 Å². The van der Waals surface area contributed by atoms with Crippen LogP contribution in [0, 0.1) is 11.8 Å². The zero-order valence-electron chi connectivity index (χ0n) is 14.2. The highest BCUT2D eigenvalue weighted by atomic mass is 16.1. The van der Waals surface area contributed by atoms with Gasteiger partial charge in [-0.2, -0.15) is 0 Å². The van der Waals surface area contributed by atoms with Crippen LogP contribution in [0.4, 0.5) is 0 Å². The second-order valence-electron chi connectivity index (χ2n) is 6.92. The zero-order valence-corrected chi connectivity index (χ0v) is 14.2. The van der Waals surface area contributed by atoms with Crippen molar-refractivity contribution in [2.75, 3.05) is 6.54 Å². The molecule has 21 heavy (non-hydrogen) atoms. The average molecular weight is 296 g/mol. The number of rotatable bonds is 10. The van der Waals surface area contributed by atoms with Crippen LogP contribution in [0.3, 0.4) is 0 Å². The molecule has 1 saturated carbocycles. The molecule has 0 heterocycles. The van der Waals surface area contributed by atoms with Crippen LogP contribution in [0.1, 0.15) is 84.5 Å². The molecular formula is C18H36N2O. The predicted octanol–water partition coefficient (Wildman–Crippen LogP) is 4.01. The van der Waals surface area contributed by atoms with E-state index in [0.717, 1.165) is 32.2 Å². The third-order valence-corrected chi connectivity index (χ3v) is 4.94. The SMILES string of the molecule is CCCCCCCCCCNC(=O)C1CCC(N)C(C)C1. The van der Waals surface area contributed by atoms with E-state index in [-0.39, 0.29) is 11.8 Å². The lowest BCUT2D eigenvalue weighted by Crippen LogP contribution is -2.40. The quantitative estimate of drug-likeness (QED) is 0.599. The molecule has 0 spiro atoms.